The minimum atomic E-state index is -0.586. The molecule has 136 valence electrons. The summed E-state index contributed by atoms with van der Waals surface area (Å²) in [6.07, 6.45) is -0.552. The highest BCUT2D eigenvalue weighted by atomic mass is 16.6. The number of methoxy groups -OCH3 is 1. The van der Waals surface area contributed by atoms with Crippen LogP contribution in [0.4, 0.5) is 16.2 Å². The number of anilines is 2. The second kappa shape index (κ2) is 7.42. The SMILES string of the molecule is COc1ccc(N[C@H](C)c2nc(C)no2)cc1NC(=O)OC(C)(C)C. The third-order valence-corrected chi connectivity index (χ3v) is 3.13. The number of benzene rings is 1. The van der Waals surface area contributed by atoms with Gasteiger partial charge in [0.05, 0.1) is 12.8 Å². The number of aryl methyl sites for hydroxylation is 1. The fourth-order valence-electron chi connectivity index (χ4n) is 2.11. The van der Waals surface area contributed by atoms with Gasteiger partial charge >= 0.3 is 6.09 Å². The normalized spacial score (nSPS) is 12.4. The van der Waals surface area contributed by atoms with Crippen LogP contribution in [-0.4, -0.2) is 28.9 Å². The Labute approximate surface area is 146 Å². The largest absolute Gasteiger partial charge is 0.495 e. The zero-order chi connectivity index (χ0) is 18.6. The molecule has 2 aromatic rings. The van der Waals surface area contributed by atoms with Gasteiger partial charge in [0.25, 0.3) is 0 Å². The van der Waals surface area contributed by atoms with Crippen molar-refractivity contribution in [1.82, 2.24) is 10.1 Å². The van der Waals surface area contributed by atoms with Gasteiger partial charge in [0.15, 0.2) is 5.82 Å². The van der Waals surface area contributed by atoms with Crippen LogP contribution in [0.3, 0.4) is 0 Å². The number of amides is 1. The number of nitrogens with zero attached hydrogens (tertiary/aromatic N) is 2. The van der Waals surface area contributed by atoms with E-state index in [9.17, 15) is 4.79 Å². The first-order chi connectivity index (χ1) is 11.7. The Morgan fingerprint density at radius 3 is 2.60 bits per heavy atom. The van der Waals surface area contributed by atoms with Gasteiger partial charge in [0.1, 0.15) is 17.4 Å². The second-order valence-electron chi connectivity index (χ2n) is 6.59. The van der Waals surface area contributed by atoms with Gasteiger partial charge in [0, 0.05) is 5.69 Å². The highest BCUT2D eigenvalue weighted by molar-refractivity contribution is 5.88. The van der Waals surface area contributed by atoms with Gasteiger partial charge in [-0.15, -0.1) is 0 Å². The number of aromatic nitrogens is 2. The standard InChI is InChI=1S/C17H24N4O4/c1-10(15-19-11(2)21-25-15)18-12-7-8-14(23-6)13(9-12)20-16(22)24-17(3,4)5/h7-10,18H,1-6H3,(H,20,22)/t10-/m1/s1. The second-order valence-corrected chi connectivity index (χ2v) is 6.59. The Kier molecular flexibility index (Phi) is 5.51. The molecule has 1 amide bonds. The molecule has 0 spiro atoms. The molecule has 1 atom stereocenters. The molecule has 2 N–H and O–H groups in total. The van der Waals surface area contributed by atoms with Crippen molar-refractivity contribution in [2.45, 2.75) is 46.3 Å². The molecule has 1 aromatic carbocycles. The zero-order valence-electron chi connectivity index (χ0n) is 15.3. The van der Waals surface area contributed by atoms with E-state index in [0.717, 1.165) is 5.69 Å². The van der Waals surface area contributed by atoms with E-state index in [0.29, 0.717) is 23.2 Å². The van der Waals surface area contributed by atoms with Crippen LogP contribution in [0.15, 0.2) is 22.7 Å². The third-order valence-electron chi connectivity index (χ3n) is 3.13. The summed E-state index contributed by atoms with van der Waals surface area (Å²) in [6.45, 7) is 9.07. The van der Waals surface area contributed by atoms with E-state index in [4.69, 9.17) is 14.0 Å². The highest BCUT2D eigenvalue weighted by Gasteiger charge is 2.18. The average molecular weight is 348 g/mol. The first-order valence-corrected chi connectivity index (χ1v) is 7.92. The molecule has 25 heavy (non-hydrogen) atoms. The smallest absolute Gasteiger partial charge is 0.412 e. The van der Waals surface area contributed by atoms with Crippen molar-refractivity contribution in [2.75, 3.05) is 17.7 Å². The molecule has 0 aliphatic rings. The maximum absolute atomic E-state index is 12.0. The van der Waals surface area contributed by atoms with Gasteiger partial charge < -0.3 is 19.3 Å². The molecule has 0 aliphatic carbocycles. The molecule has 0 aliphatic heterocycles. The topological polar surface area (TPSA) is 98.5 Å². The number of carbonyl (C=O) groups excluding carboxylic acids is 1. The Hall–Kier alpha value is -2.77. The summed E-state index contributed by atoms with van der Waals surface area (Å²) in [4.78, 5) is 16.2. The molecule has 0 fully saturated rings. The molecule has 2 rings (SSSR count). The van der Waals surface area contributed by atoms with E-state index in [1.807, 2.05) is 13.0 Å². The van der Waals surface area contributed by atoms with Gasteiger partial charge in [-0.05, 0) is 52.8 Å². The van der Waals surface area contributed by atoms with Crippen molar-refractivity contribution in [3.05, 3.63) is 29.9 Å². The Balaban J connectivity index is 2.14. The third kappa shape index (κ3) is 5.37. The van der Waals surface area contributed by atoms with Crippen LogP contribution in [0, 0.1) is 6.92 Å². The van der Waals surface area contributed by atoms with Crippen LogP contribution in [0.25, 0.3) is 0 Å². The number of nitrogens with one attached hydrogen (secondary N) is 2. The molecule has 0 unspecified atom stereocenters. The van der Waals surface area contributed by atoms with E-state index in [1.54, 1.807) is 39.8 Å². The molecular formula is C17H24N4O4. The van der Waals surface area contributed by atoms with Crippen LogP contribution in [0.5, 0.6) is 5.75 Å². The number of carbonyl (C=O) groups is 1. The van der Waals surface area contributed by atoms with Gasteiger partial charge in [-0.3, -0.25) is 5.32 Å². The minimum absolute atomic E-state index is 0.191. The van der Waals surface area contributed by atoms with E-state index in [-0.39, 0.29) is 6.04 Å². The lowest BCUT2D eigenvalue weighted by atomic mass is 10.2. The van der Waals surface area contributed by atoms with Crippen LogP contribution in [0.2, 0.25) is 0 Å². The first kappa shape index (κ1) is 18.6. The van der Waals surface area contributed by atoms with Crippen molar-refractivity contribution in [3.8, 4) is 5.75 Å². The summed E-state index contributed by atoms with van der Waals surface area (Å²) in [5, 5.41) is 9.72. The van der Waals surface area contributed by atoms with Crippen molar-refractivity contribution in [2.24, 2.45) is 0 Å². The van der Waals surface area contributed by atoms with Crippen molar-refractivity contribution in [1.29, 1.82) is 0 Å². The maximum Gasteiger partial charge on any atom is 0.412 e. The van der Waals surface area contributed by atoms with Gasteiger partial charge in [-0.25, -0.2) is 4.79 Å². The van der Waals surface area contributed by atoms with Crippen molar-refractivity contribution < 1.29 is 18.8 Å². The molecule has 0 saturated heterocycles. The number of hydrogen-bond acceptors (Lipinski definition) is 7. The van der Waals surface area contributed by atoms with Crippen molar-refractivity contribution >= 4 is 17.5 Å². The van der Waals surface area contributed by atoms with E-state index < -0.39 is 11.7 Å². The Morgan fingerprint density at radius 1 is 1.32 bits per heavy atom. The summed E-state index contributed by atoms with van der Waals surface area (Å²) in [5.74, 6) is 1.58. The Bertz CT molecular complexity index is 736. The van der Waals surface area contributed by atoms with Gasteiger partial charge in [0.2, 0.25) is 5.89 Å². The average Bonchev–Trinajstić information content (AvgIpc) is 2.92. The first-order valence-electron chi connectivity index (χ1n) is 7.92. The van der Waals surface area contributed by atoms with Crippen LogP contribution in [0.1, 0.15) is 45.5 Å². The number of hydrogen-bond donors (Lipinski definition) is 2. The summed E-state index contributed by atoms with van der Waals surface area (Å²) < 4.78 is 15.7. The lowest BCUT2D eigenvalue weighted by molar-refractivity contribution is 0.0635. The summed E-state index contributed by atoms with van der Waals surface area (Å²) in [7, 11) is 1.53. The van der Waals surface area contributed by atoms with Crippen molar-refractivity contribution in [3.63, 3.8) is 0 Å². The number of ether oxygens (including phenoxy) is 2. The van der Waals surface area contributed by atoms with E-state index in [2.05, 4.69) is 20.8 Å². The predicted octanol–water partition coefficient (Wildman–Crippen LogP) is 3.91. The van der Waals surface area contributed by atoms with E-state index >= 15 is 0 Å². The highest BCUT2D eigenvalue weighted by Crippen LogP contribution is 2.30. The van der Waals surface area contributed by atoms with Gasteiger partial charge in [-0.2, -0.15) is 4.98 Å². The molecule has 0 bridgehead atoms. The van der Waals surface area contributed by atoms with E-state index in [1.165, 1.54) is 7.11 Å². The molecule has 1 heterocycles. The molecular weight excluding hydrogens is 324 g/mol. The number of rotatable bonds is 5. The molecule has 1 aromatic heterocycles. The molecule has 8 heteroatoms. The summed E-state index contributed by atoms with van der Waals surface area (Å²) in [5.41, 5.74) is 0.670. The quantitative estimate of drug-likeness (QED) is 0.845. The molecule has 8 nitrogen and oxygen atoms in total. The summed E-state index contributed by atoms with van der Waals surface area (Å²) in [6, 6.07) is 5.14. The maximum atomic E-state index is 12.0. The fourth-order valence-corrected chi connectivity index (χ4v) is 2.11. The Morgan fingerprint density at radius 2 is 2.04 bits per heavy atom. The molecule has 0 saturated carbocycles. The van der Waals surface area contributed by atoms with Crippen LogP contribution in [-0.2, 0) is 4.74 Å². The lowest BCUT2D eigenvalue weighted by Crippen LogP contribution is -2.27. The van der Waals surface area contributed by atoms with Gasteiger partial charge in [-0.1, -0.05) is 5.16 Å². The lowest BCUT2D eigenvalue weighted by Gasteiger charge is -2.21. The minimum Gasteiger partial charge on any atom is -0.495 e. The predicted molar refractivity (Wildman–Crippen MR) is 93.9 cm³/mol. The van der Waals surface area contributed by atoms with Crippen LogP contribution < -0.4 is 15.4 Å². The summed E-state index contributed by atoms with van der Waals surface area (Å²) >= 11 is 0. The fraction of sp³-hybridized carbons (Fsp3) is 0.471. The zero-order valence-corrected chi connectivity index (χ0v) is 15.3. The monoisotopic (exact) mass is 348 g/mol. The molecule has 0 radical (unpaired) electrons. The van der Waals surface area contributed by atoms with Crippen LogP contribution >= 0.6 is 0 Å².